The molecule has 0 fully saturated rings. The van der Waals surface area contributed by atoms with Crippen LogP contribution in [-0.4, -0.2) is 0 Å². The first kappa shape index (κ1) is 19.3. The Balaban J connectivity index is 2.20. The van der Waals surface area contributed by atoms with E-state index in [1.54, 1.807) is 36.4 Å². The second-order valence-electron chi connectivity index (χ2n) is 5.22. The fourth-order valence-corrected chi connectivity index (χ4v) is 4.88. The van der Waals surface area contributed by atoms with Crippen molar-refractivity contribution in [1.82, 2.24) is 0 Å². The molecule has 0 saturated heterocycles. The van der Waals surface area contributed by atoms with E-state index < -0.39 is 40.9 Å². The quantitative estimate of drug-likeness (QED) is 0.238. The molecular formula is C18H10F5O2PS. The van der Waals surface area contributed by atoms with Gasteiger partial charge in [0.25, 0.3) is 0 Å². The minimum Gasteiger partial charge on any atom is -0.432 e. The topological polar surface area (TPSA) is 18.5 Å². The molecule has 0 aromatic heterocycles. The van der Waals surface area contributed by atoms with Gasteiger partial charge in [0.05, 0.1) is 0 Å². The van der Waals surface area contributed by atoms with E-state index in [1.807, 2.05) is 0 Å². The summed E-state index contributed by atoms with van der Waals surface area (Å²) in [4.78, 5) is 0. The molecule has 3 rings (SSSR count). The summed E-state index contributed by atoms with van der Waals surface area (Å²) in [6.45, 7) is -4.23. The van der Waals surface area contributed by atoms with E-state index in [2.05, 4.69) is 0 Å². The van der Waals surface area contributed by atoms with Gasteiger partial charge in [-0.15, -0.1) is 0 Å². The van der Waals surface area contributed by atoms with Crippen molar-refractivity contribution in [3.05, 3.63) is 89.7 Å². The van der Waals surface area contributed by atoms with E-state index in [9.17, 15) is 22.0 Å². The van der Waals surface area contributed by atoms with Gasteiger partial charge in [0.15, 0.2) is 23.3 Å². The first-order chi connectivity index (χ1) is 12.8. The number of hydrogen-bond donors (Lipinski definition) is 0. The Labute approximate surface area is 156 Å². The minimum atomic E-state index is -4.23. The molecule has 0 bridgehead atoms. The molecule has 0 atom stereocenters. The fourth-order valence-electron chi connectivity index (χ4n) is 2.18. The predicted molar refractivity (Wildman–Crippen MR) is 94.3 cm³/mol. The highest BCUT2D eigenvalue weighted by Crippen LogP contribution is 2.49. The molecule has 0 aliphatic rings. The van der Waals surface area contributed by atoms with Gasteiger partial charge in [0.1, 0.15) is 16.8 Å². The lowest BCUT2D eigenvalue weighted by atomic mass is 10.3. The van der Waals surface area contributed by atoms with Gasteiger partial charge >= 0.3 is 6.49 Å². The minimum absolute atomic E-state index is 0.0562. The lowest BCUT2D eigenvalue weighted by Crippen LogP contribution is -2.25. The summed E-state index contributed by atoms with van der Waals surface area (Å²) < 4.78 is 80.5. The number of rotatable bonds is 5. The number of hydrogen-bond acceptors (Lipinski definition) is 3. The van der Waals surface area contributed by atoms with Crippen molar-refractivity contribution in [2.45, 2.75) is 0 Å². The average Bonchev–Trinajstić information content (AvgIpc) is 2.66. The molecule has 0 heterocycles. The Morgan fingerprint density at radius 2 is 0.889 bits per heavy atom. The monoisotopic (exact) mass is 416 g/mol. The van der Waals surface area contributed by atoms with Crippen LogP contribution in [0.4, 0.5) is 22.0 Å². The summed E-state index contributed by atoms with van der Waals surface area (Å²) in [6.07, 6.45) is 0. The summed E-state index contributed by atoms with van der Waals surface area (Å²) in [6, 6.07) is 15.2. The molecule has 3 aromatic rings. The molecular weight excluding hydrogens is 406 g/mol. The Bertz CT molecular complexity index is 941. The van der Waals surface area contributed by atoms with Gasteiger partial charge in [-0.25, -0.2) is 22.0 Å². The fraction of sp³-hybridized carbons (Fsp3) is 0. The van der Waals surface area contributed by atoms with Crippen molar-refractivity contribution < 1.29 is 31.0 Å². The molecule has 27 heavy (non-hydrogen) atoms. The van der Waals surface area contributed by atoms with Crippen LogP contribution in [0.2, 0.25) is 0 Å². The average molecular weight is 416 g/mol. The van der Waals surface area contributed by atoms with Gasteiger partial charge in [-0.2, -0.15) is 0 Å². The van der Waals surface area contributed by atoms with Crippen LogP contribution in [0, 0.1) is 29.1 Å². The number of halogens is 5. The Morgan fingerprint density at radius 1 is 0.556 bits per heavy atom. The van der Waals surface area contributed by atoms with Gasteiger partial charge in [0.2, 0.25) is 5.82 Å². The SMILES string of the molecule is Fc1c(F)c(F)c(P(=S)(Oc2ccccc2)Oc2ccccc2)c(F)c1F. The summed E-state index contributed by atoms with van der Waals surface area (Å²) in [5, 5.41) is -1.30. The number of para-hydroxylation sites is 2. The van der Waals surface area contributed by atoms with Crippen LogP contribution < -0.4 is 14.4 Å². The van der Waals surface area contributed by atoms with E-state index in [0.717, 1.165) is 0 Å². The highest BCUT2D eigenvalue weighted by molar-refractivity contribution is 8.13. The van der Waals surface area contributed by atoms with Crippen LogP contribution in [0.25, 0.3) is 0 Å². The molecule has 0 aliphatic heterocycles. The third-order valence-corrected chi connectivity index (χ3v) is 6.24. The maximum Gasteiger partial charge on any atom is 0.325 e. The summed E-state index contributed by atoms with van der Waals surface area (Å²) in [7, 11) is 0. The first-order valence-electron chi connectivity index (χ1n) is 7.45. The lowest BCUT2D eigenvalue weighted by Gasteiger charge is -2.25. The Hall–Kier alpha value is -2.44. The van der Waals surface area contributed by atoms with Gasteiger partial charge in [0, 0.05) is 0 Å². The molecule has 0 unspecified atom stereocenters. The van der Waals surface area contributed by atoms with E-state index in [0.29, 0.717) is 0 Å². The Kier molecular flexibility index (Phi) is 5.48. The van der Waals surface area contributed by atoms with E-state index in [4.69, 9.17) is 20.9 Å². The van der Waals surface area contributed by atoms with Crippen LogP contribution in [0.3, 0.4) is 0 Å². The molecule has 0 radical (unpaired) electrons. The molecule has 0 spiro atoms. The van der Waals surface area contributed by atoms with Gasteiger partial charge in [-0.05, 0) is 36.1 Å². The second kappa shape index (κ2) is 7.66. The third kappa shape index (κ3) is 3.82. The zero-order chi connectivity index (χ0) is 19.6. The number of benzene rings is 3. The Morgan fingerprint density at radius 3 is 1.26 bits per heavy atom. The molecule has 9 heteroatoms. The highest BCUT2D eigenvalue weighted by Gasteiger charge is 2.39. The molecule has 3 aromatic carbocycles. The van der Waals surface area contributed by atoms with Crippen molar-refractivity contribution in [2.24, 2.45) is 0 Å². The van der Waals surface area contributed by atoms with Crippen molar-refractivity contribution in [3.63, 3.8) is 0 Å². The van der Waals surface area contributed by atoms with Crippen molar-refractivity contribution in [2.75, 3.05) is 0 Å². The van der Waals surface area contributed by atoms with Gasteiger partial charge in [-0.3, -0.25) is 0 Å². The smallest absolute Gasteiger partial charge is 0.325 e. The van der Waals surface area contributed by atoms with Crippen LogP contribution in [0.5, 0.6) is 11.5 Å². The maximum absolute atomic E-state index is 14.4. The van der Waals surface area contributed by atoms with Crippen LogP contribution in [0.15, 0.2) is 60.7 Å². The van der Waals surface area contributed by atoms with E-state index in [-0.39, 0.29) is 11.5 Å². The van der Waals surface area contributed by atoms with Crippen molar-refractivity contribution in [1.29, 1.82) is 0 Å². The molecule has 2 nitrogen and oxygen atoms in total. The van der Waals surface area contributed by atoms with Gasteiger partial charge in [-0.1, -0.05) is 36.4 Å². The van der Waals surface area contributed by atoms with Crippen molar-refractivity contribution >= 4 is 23.6 Å². The van der Waals surface area contributed by atoms with Crippen LogP contribution >= 0.6 is 6.49 Å². The summed E-state index contributed by atoms with van der Waals surface area (Å²) >= 11 is 5.20. The summed E-state index contributed by atoms with van der Waals surface area (Å²) in [5.74, 6) is -10.6. The van der Waals surface area contributed by atoms with Crippen LogP contribution in [-0.2, 0) is 11.8 Å². The second-order valence-corrected chi connectivity index (χ2v) is 8.47. The third-order valence-electron chi connectivity index (χ3n) is 3.40. The molecule has 0 aliphatic carbocycles. The van der Waals surface area contributed by atoms with Crippen molar-refractivity contribution in [3.8, 4) is 11.5 Å². The van der Waals surface area contributed by atoms with Crippen LogP contribution in [0.1, 0.15) is 0 Å². The molecule has 0 saturated carbocycles. The molecule has 0 N–H and O–H groups in total. The summed E-state index contributed by atoms with van der Waals surface area (Å²) in [5.41, 5.74) is 0. The standard InChI is InChI=1S/C18H10F5O2PS/c19-13-14(20)16(22)18(17(23)15(13)21)26(27,24-11-7-3-1-4-8-11)25-12-9-5-2-6-10-12/h1-10H. The van der Waals surface area contributed by atoms with E-state index >= 15 is 0 Å². The maximum atomic E-state index is 14.4. The van der Waals surface area contributed by atoms with Gasteiger partial charge < -0.3 is 9.05 Å². The lowest BCUT2D eigenvalue weighted by molar-refractivity contribution is 0.381. The van der Waals surface area contributed by atoms with E-state index in [1.165, 1.54) is 24.3 Å². The normalized spacial score (nSPS) is 11.3. The molecule has 140 valence electrons. The first-order valence-corrected chi connectivity index (χ1v) is 10.1. The highest BCUT2D eigenvalue weighted by atomic mass is 32.5. The zero-order valence-electron chi connectivity index (χ0n) is 13.3. The zero-order valence-corrected chi connectivity index (χ0v) is 15.0. The molecule has 0 amide bonds. The largest absolute Gasteiger partial charge is 0.432 e. The predicted octanol–water partition coefficient (Wildman–Crippen LogP) is 5.47.